The summed E-state index contributed by atoms with van der Waals surface area (Å²) in [6.45, 7) is 3.58. The van der Waals surface area contributed by atoms with Crippen LogP contribution in [0.15, 0.2) is 0 Å². The van der Waals surface area contributed by atoms with Crippen molar-refractivity contribution in [2.24, 2.45) is 0 Å². The SMILES string of the molecule is CCS(=O)(=O)OCCCC(COS(=O)(=O)CC)OS(=O)(=O)CC. The van der Waals surface area contributed by atoms with Crippen molar-refractivity contribution in [1.29, 1.82) is 0 Å². The maximum atomic E-state index is 11.5. The fourth-order valence-electron chi connectivity index (χ4n) is 1.28. The van der Waals surface area contributed by atoms with Crippen LogP contribution in [-0.4, -0.2) is 61.8 Å². The van der Waals surface area contributed by atoms with Crippen molar-refractivity contribution in [3.8, 4) is 0 Å². The second-order valence-corrected chi connectivity index (χ2v) is 10.2. The van der Waals surface area contributed by atoms with Gasteiger partial charge in [-0.1, -0.05) is 0 Å². The lowest BCUT2D eigenvalue weighted by Gasteiger charge is -2.16. The highest BCUT2D eigenvalue weighted by atomic mass is 32.2. The largest absolute Gasteiger partial charge is 0.270 e. The Hall–Kier alpha value is -0.270. The number of hydrogen-bond donors (Lipinski definition) is 0. The van der Waals surface area contributed by atoms with Crippen LogP contribution in [-0.2, 0) is 42.9 Å². The van der Waals surface area contributed by atoms with Crippen LogP contribution in [0.4, 0.5) is 0 Å². The maximum Gasteiger partial charge on any atom is 0.267 e. The van der Waals surface area contributed by atoms with Crippen LogP contribution in [0.25, 0.3) is 0 Å². The normalized spacial score (nSPS) is 14.7. The molecular formula is C11H24O9S3. The Balaban J connectivity index is 4.61. The molecule has 1 unspecified atom stereocenters. The molecule has 0 spiro atoms. The van der Waals surface area contributed by atoms with E-state index in [-0.39, 0.29) is 36.7 Å². The van der Waals surface area contributed by atoms with Gasteiger partial charge in [0.1, 0.15) is 6.10 Å². The average molecular weight is 397 g/mol. The minimum Gasteiger partial charge on any atom is -0.270 e. The lowest BCUT2D eigenvalue weighted by Crippen LogP contribution is -2.27. The standard InChI is InChI=1S/C11H24O9S3/c1-4-21(12,13)18-9-7-8-11(20-23(16,17)6-3)10-19-22(14,15)5-2/h11H,4-10H2,1-3H3. The Labute approximate surface area is 138 Å². The molecule has 12 heteroatoms. The minimum atomic E-state index is -3.80. The quantitative estimate of drug-likeness (QED) is 0.317. The van der Waals surface area contributed by atoms with E-state index in [0.29, 0.717) is 0 Å². The molecule has 0 aliphatic carbocycles. The first-order valence-electron chi connectivity index (χ1n) is 7.12. The molecule has 0 radical (unpaired) electrons. The summed E-state index contributed by atoms with van der Waals surface area (Å²) in [5.41, 5.74) is 0. The van der Waals surface area contributed by atoms with E-state index in [4.69, 9.17) is 4.18 Å². The molecule has 0 heterocycles. The van der Waals surface area contributed by atoms with Gasteiger partial charge in [0.15, 0.2) is 0 Å². The van der Waals surface area contributed by atoms with Crippen molar-refractivity contribution in [1.82, 2.24) is 0 Å². The fraction of sp³-hybridized carbons (Fsp3) is 1.00. The van der Waals surface area contributed by atoms with Gasteiger partial charge in [-0.25, -0.2) is 0 Å². The summed E-state index contributed by atoms with van der Waals surface area (Å²) in [7, 11) is -11.1. The van der Waals surface area contributed by atoms with Crippen molar-refractivity contribution < 1.29 is 37.8 Å². The molecule has 23 heavy (non-hydrogen) atoms. The minimum absolute atomic E-state index is 0.0672. The molecule has 0 aromatic heterocycles. The molecule has 0 aromatic carbocycles. The summed E-state index contributed by atoms with van der Waals surface area (Å²) < 4.78 is 82.1. The summed E-state index contributed by atoms with van der Waals surface area (Å²) in [5, 5.41) is 0. The van der Waals surface area contributed by atoms with Crippen molar-refractivity contribution in [3.05, 3.63) is 0 Å². The third-order valence-corrected chi connectivity index (χ3v) is 6.42. The molecule has 0 N–H and O–H groups in total. The average Bonchev–Trinajstić information content (AvgIpc) is 2.48. The first-order chi connectivity index (χ1) is 10.5. The summed E-state index contributed by atoms with van der Waals surface area (Å²) in [5.74, 6) is -0.697. The third-order valence-electron chi connectivity index (χ3n) is 2.71. The van der Waals surface area contributed by atoms with Crippen molar-refractivity contribution in [3.63, 3.8) is 0 Å². The Morgan fingerprint density at radius 1 is 0.739 bits per heavy atom. The second kappa shape index (κ2) is 9.89. The highest BCUT2D eigenvalue weighted by molar-refractivity contribution is 7.87. The zero-order chi connectivity index (χ0) is 18.1. The van der Waals surface area contributed by atoms with E-state index in [9.17, 15) is 25.3 Å². The van der Waals surface area contributed by atoms with E-state index < -0.39 is 43.1 Å². The molecular weight excluding hydrogens is 372 g/mol. The summed E-state index contributed by atoms with van der Waals surface area (Å²) in [4.78, 5) is 0. The van der Waals surface area contributed by atoms with Gasteiger partial charge < -0.3 is 0 Å². The van der Waals surface area contributed by atoms with E-state index in [2.05, 4.69) is 8.37 Å². The van der Waals surface area contributed by atoms with Crippen LogP contribution in [0, 0.1) is 0 Å². The summed E-state index contributed by atoms with van der Waals surface area (Å²) in [6.07, 6.45) is -0.801. The topological polar surface area (TPSA) is 130 Å². The molecule has 0 aromatic rings. The Bertz CT molecular complexity index is 634. The summed E-state index contributed by atoms with van der Waals surface area (Å²) >= 11 is 0. The van der Waals surface area contributed by atoms with Gasteiger partial charge in [0.05, 0.1) is 30.5 Å². The van der Waals surface area contributed by atoms with Crippen LogP contribution in [0.2, 0.25) is 0 Å². The summed E-state index contributed by atoms with van der Waals surface area (Å²) in [6, 6.07) is 0. The van der Waals surface area contributed by atoms with Crippen molar-refractivity contribution >= 4 is 30.4 Å². The van der Waals surface area contributed by atoms with Gasteiger partial charge in [0.2, 0.25) is 0 Å². The van der Waals surface area contributed by atoms with E-state index in [1.165, 1.54) is 20.8 Å². The van der Waals surface area contributed by atoms with Gasteiger partial charge >= 0.3 is 0 Å². The molecule has 0 bridgehead atoms. The van der Waals surface area contributed by atoms with Crippen LogP contribution in [0.1, 0.15) is 33.6 Å². The van der Waals surface area contributed by atoms with Crippen LogP contribution in [0.3, 0.4) is 0 Å². The van der Waals surface area contributed by atoms with Crippen molar-refractivity contribution in [2.75, 3.05) is 30.5 Å². The highest BCUT2D eigenvalue weighted by Gasteiger charge is 2.21. The van der Waals surface area contributed by atoms with E-state index in [1.807, 2.05) is 0 Å². The predicted octanol–water partition coefficient (Wildman–Crippen LogP) is 0.234. The molecule has 0 aliphatic heterocycles. The molecule has 1 atom stereocenters. The molecule has 140 valence electrons. The van der Waals surface area contributed by atoms with Gasteiger partial charge in [-0.05, 0) is 33.6 Å². The zero-order valence-corrected chi connectivity index (χ0v) is 15.9. The van der Waals surface area contributed by atoms with Gasteiger partial charge in [-0.3, -0.25) is 12.5 Å². The van der Waals surface area contributed by atoms with Gasteiger partial charge in [0, 0.05) is 0 Å². The van der Waals surface area contributed by atoms with Crippen LogP contribution < -0.4 is 0 Å². The molecule has 0 fully saturated rings. The molecule has 0 saturated carbocycles. The monoisotopic (exact) mass is 396 g/mol. The molecule has 0 aliphatic rings. The molecule has 0 rings (SSSR count). The number of hydrogen-bond acceptors (Lipinski definition) is 9. The molecule has 0 saturated heterocycles. The Kier molecular flexibility index (Phi) is 9.77. The van der Waals surface area contributed by atoms with Gasteiger partial charge in [-0.2, -0.15) is 25.3 Å². The lowest BCUT2D eigenvalue weighted by molar-refractivity contribution is 0.123. The second-order valence-electron chi connectivity index (χ2n) is 4.51. The highest BCUT2D eigenvalue weighted by Crippen LogP contribution is 2.11. The smallest absolute Gasteiger partial charge is 0.267 e. The van der Waals surface area contributed by atoms with Crippen LogP contribution in [0.5, 0.6) is 0 Å². The molecule has 0 amide bonds. The zero-order valence-electron chi connectivity index (χ0n) is 13.4. The number of rotatable bonds is 13. The predicted molar refractivity (Wildman–Crippen MR) is 84.4 cm³/mol. The first-order valence-corrected chi connectivity index (χ1v) is 11.8. The fourth-order valence-corrected chi connectivity index (χ4v) is 3.04. The third kappa shape index (κ3) is 11.0. The Morgan fingerprint density at radius 3 is 1.70 bits per heavy atom. The van der Waals surface area contributed by atoms with E-state index in [1.54, 1.807) is 0 Å². The van der Waals surface area contributed by atoms with Crippen molar-refractivity contribution in [2.45, 2.75) is 39.7 Å². The maximum absolute atomic E-state index is 11.5. The van der Waals surface area contributed by atoms with Gasteiger partial charge in [0.25, 0.3) is 30.4 Å². The van der Waals surface area contributed by atoms with Crippen LogP contribution >= 0.6 is 0 Å². The first kappa shape index (κ1) is 22.7. The molecule has 9 nitrogen and oxygen atoms in total. The van der Waals surface area contributed by atoms with E-state index >= 15 is 0 Å². The Morgan fingerprint density at radius 2 is 1.22 bits per heavy atom. The lowest BCUT2D eigenvalue weighted by atomic mass is 10.2. The van der Waals surface area contributed by atoms with E-state index in [0.717, 1.165) is 0 Å². The van der Waals surface area contributed by atoms with Gasteiger partial charge in [-0.15, -0.1) is 0 Å².